The van der Waals surface area contributed by atoms with Crippen LogP contribution in [-0.2, 0) is 0 Å². The quantitative estimate of drug-likeness (QED) is 0.730. The van der Waals surface area contributed by atoms with E-state index >= 15 is 0 Å². The van der Waals surface area contributed by atoms with Crippen LogP contribution in [0.3, 0.4) is 0 Å². The molecule has 2 aliphatic rings. The first-order valence-corrected chi connectivity index (χ1v) is 4.78. The van der Waals surface area contributed by atoms with Crippen molar-refractivity contribution in [2.24, 2.45) is 5.41 Å². The maximum atomic E-state index is 3.47. The van der Waals surface area contributed by atoms with Gasteiger partial charge in [-0.3, -0.25) is 0 Å². The van der Waals surface area contributed by atoms with Crippen molar-refractivity contribution in [2.45, 2.75) is 19.8 Å². The Balaban J connectivity index is 0.000000720. The molecule has 2 heterocycles. The van der Waals surface area contributed by atoms with Crippen molar-refractivity contribution in [3.8, 4) is 0 Å². The van der Waals surface area contributed by atoms with Crippen LogP contribution >= 0.6 is 24.8 Å². The fourth-order valence-corrected chi connectivity index (χ4v) is 2.44. The topological polar surface area (TPSA) is 15.3 Å². The maximum absolute atomic E-state index is 3.47. The molecule has 0 aromatic heterocycles. The first-order valence-electron chi connectivity index (χ1n) is 4.78. The van der Waals surface area contributed by atoms with Crippen LogP contribution in [0.2, 0.25) is 0 Å². The van der Waals surface area contributed by atoms with E-state index in [9.17, 15) is 0 Å². The Labute approximate surface area is 93.3 Å². The van der Waals surface area contributed by atoms with Gasteiger partial charge in [-0.25, -0.2) is 0 Å². The summed E-state index contributed by atoms with van der Waals surface area (Å²) >= 11 is 0. The fraction of sp³-hybridized carbons (Fsp3) is 1.00. The second-order valence-electron chi connectivity index (χ2n) is 4.05. The Kier molecular flexibility index (Phi) is 5.61. The lowest BCUT2D eigenvalue weighted by Gasteiger charge is -2.21. The summed E-state index contributed by atoms with van der Waals surface area (Å²) in [6, 6.07) is 0. The second kappa shape index (κ2) is 5.40. The number of hydrogen-bond donors (Lipinski definition) is 1. The highest BCUT2D eigenvalue weighted by molar-refractivity contribution is 5.85. The van der Waals surface area contributed by atoms with Crippen LogP contribution in [-0.4, -0.2) is 37.6 Å². The molecule has 0 bridgehead atoms. The molecule has 2 rings (SSSR count). The van der Waals surface area contributed by atoms with Crippen LogP contribution < -0.4 is 5.32 Å². The van der Waals surface area contributed by atoms with E-state index in [2.05, 4.69) is 17.1 Å². The van der Waals surface area contributed by atoms with Crippen LogP contribution in [0, 0.1) is 5.41 Å². The van der Waals surface area contributed by atoms with Gasteiger partial charge in [-0.15, -0.1) is 24.8 Å². The average molecular weight is 227 g/mol. The van der Waals surface area contributed by atoms with Gasteiger partial charge in [0.15, 0.2) is 0 Å². The maximum Gasteiger partial charge on any atom is 0.00510 e. The van der Waals surface area contributed by atoms with Gasteiger partial charge in [-0.05, 0) is 37.9 Å². The van der Waals surface area contributed by atoms with E-state index in [1.54, 1.807) is 0 Å². The number of nitrogens with zero attached hydrogens (tertiary/aromatic N) is 1. The van der Waals surface area contributed by atoms with Gasteiger partial charge < -0.3 is 10.2 Å². The highest BCUT2D eigenvalue weighted by atomic mass is 35.5. The molecule has 0 aromatic carbocycles. The molecule has 2 nitrogen and oxygen atoms in total. The van der Waals surface area contributed by atoms with Crippen molar-refractivity contribution in [1.29, 1.82) is 0 Å². The van der Waals surface area contributed by atoms with Gasteiger partial charge in [0.05, 0.1) is 0 Å². The Morgan fingerprint density at radius 3 is 2.54 bits per heavy atom. The third-order valence-corrected chi connectivity index (χ3v) is 3.30. The number of nitrogens with one attached hydrogen (secondary N) is 1. The zero-order valence-electron chi connectivity index (χ0n) is 8.21. The molecule has 4 heteroatoms. The summed E-state index contributed by atoms with van der Waals surface area (Å²) in [7, 11) is 0. The number of rotatable bonds is 1. The smallest absolute Gasteiger partial charge is 0.00510 e. The van der Waals surface area contributed by atoms with Gasteiger partial charge in [-0.2, -0.15) is 0 Å². The van der Waals surface area contributed by atoms with E-state index in [1.807, 2.05) is 0 Å². The first-order chi connectivity index (χ1) is 5.35. The van der Waals surface area contributed by atoms with E-state index in [-0.39, 0.29) is 24.8 Å². The van der Waals surface area contributed by atoms with Crippen LogP contribution in [0.15, 0.2) is 0 Å². The molecule has 80 valence electrons. The summed E-state index contributed by atoms with van der Waals surface area (Å²) in [5.74, 6) is 0. The van der Waals surface area contributed by atoms with Crippen LogP contribution in [0.1, 0.15) is 19.8 Å². The summed E-state index contributed by atoms with van der Waals surface area (Å²) in [4.78, 5) is 2.58. The van der Waals surface area contributed by atoms with Gasteiger partial charge in [0.1, 0.15) is 0 Å². The van der Waals surface area contributed by atoms with Gasteiger partial charge >= 0.3 is 0 Å². The molecule has 2 saturated heterocycles. The lowest BCUT2D eigenvalue weighted by Crippen LogP contribution is -2.28. The van der Waals surface area contributed by atoms with E-state index in [1.165, 1.54) is 45.6 Å². The standard InChI is InChI=1S/C9H18N2.2ClH/c1-2-11-6-4-9(8-11)3-5-10-7-9;;/h10H,2-8H2,1H3;2*1H. The monoisotopic (exact) mass is 226 g/mol. The lowest BCUT2D eigenvalue weighted by molar-refractivity contribution is 0.284. The Morgan fingerprint density at radius 1 is 1.31 bits per heavy atom. The normalized spacial score (nSPS) is 33.0. The average Bonchev–Trinajstić information content (AvgIpc) is 2.62. The van der Waals surface area contributed by atoms with Crippen molar-refractivity contribution in [2.75, 3.05) is 32.7 Å². The minimum atomic E-state index is 0. The number of likely N-dealkylation sites (tertiary alicyclic amines) is 1. The predicted octanol–water partition coefficient (Wildman–Crippen LogP) is 1.54. The van der Waals surface area contributed by atoms with E-state index in [4.69, 9.17) is 0 Å². The minimum absolute atomic E-state index is 0. The molecule has 1 N–H and O–H groups in total. The van der Waals surface area contributed by atoms with E-state index < -0.39 is 0 Å². The van der Waals surface area contributed by atoms with Crippen molar-refractivity contribution >= 4 is 24.8 Å². The summed E-state index contributed by atoms with van der Waals surface area (Å²) < 4.78 is 0. The van der Waals surface area contributed by atoms with Crippen LogP contribution in [0.4, 0.5) is 0 Å². The largest absolute Gasteiger partial charge is 0.316 e. The zero-order valence-corrected chi connectivity index (χ0v) is 9.85. The van der Waals surface area contributed by atoms with Gasteiger partial charge in [0, 0.05) is 13.1 Å². The molecular weight excluding hydrogens is 207 g/mol. The van der Waals surface area contributed by atoms with Crippen molar-refractivity contribution < 1.29 is 0 Å². The summed E-state index contributed by atoms with van der Waals surface area (Å²) in [6.07, 6.45) is 2.83. The molecule has 0 amide bonds. The fourth-order valence-electron chi connectivity index (χ4n) is 2.44. The summed E-state index contributed by atoms with van der Waals surface area (Å²) in [6.45, 7) is 8.69. The number of hydrogen-bond acceptors (Lipinski definition) is 2. The SMILES string of the molecule is CCN1CCC2(CCNC2)C1.Cl.Cl. The minimum Gasteiger partial charge on any atom is -0.316 e. The Bertz CT molecular complexity index is 147. The molecule has 2 fully saturated rings. The molecule has 0 aromatic rings. The van der Waals surface area contributed by atoms with Crippen LogP contribution in [0.25, 0.3) is 0 Å². The predicted molar refractivity (Wildman–Crippen MR) is 61.1 cm³/mol. The molecule has 1 unspecified atom stereocenters. The third kappa shape index (κ3) is 2.72. The molecule has 1 atom stereocenters. The third-order valence-electron chi connectivity index (χ3n) is 3.30. The molecule has 2 aliphatic heterocycles. The summed E-state index contributed by atoms with van der Waals surface area (Å²) in [5.41, 5.74) is 0.677. The number of halogens is 2. The Morgan fingerprint density at radius 2 is 2.08 bits per heavy atom. The van der Waals surface area contributed by atoms with Gasteiger partial charge in [-0.1, -0.05) is 6.92 Å². The molecular formula is C9H20Cl2N2. The van der Waals surface area contributed by atoms with Gasteiger partial charge in [0.2, 0.25) is 0 Å². The second-order valence-corrected chi connectivity index (χ2v) is 4.05. The molecule has 0 aliphatic carbocycles. The zero-order chi connectivity index (χ0) is 7.73. The van der Waals surface area contributed by atoms with Gasteiger partial charge in [0.25, 0.3) is 0 Å². The van der Waals surface area contributed by atoms with E-state index in [0.29, 0.717) is 5.41 Å². The molecule has 1 spiro atoms. The van der Waals surface area contributed by atoms with E-state index in [0.717, 1.165) is 0 Å². The first kappa shape index (κ1) is 13.5. The lowest BCUT2D eigenvalue weighted by atomic mass is 9.87. The molecule has 0 radical (unpaired) electrons. The van der Waals surface area contributed by atoms with Crippen LogP contribution in [0.5, 0.6) is 0 Å². The van der Waals surface area contributed by atoms with Crippen molar-refractivity contribution in [3.05, 3.63) is 0 Å². The summed E-state index contributed by atoms with van der Waals surface area (Å²) in [5, 5.41) is 3.47. The highest BCUT2D eigenvalue weighted by Gasteiger charge is 2.39. The molecule has 0 saturated carbocycles. The van der Waals surface area contributed by atoms with Crippen molar-refractivity contribution in [1.82, 2.24) is 10.2 Å². The Hall–Kier alpha value is 0.500. The molecule has 13 heavy (non-hydrogen) atoms. The highest BCUT2D eigenvalue weighted by Crippen LogP contribution is 2.35. The van der Waals surface area contributed by atoms with Crippen molar-refractivity contribution in [3.63, 3.8) is 0 Å².